The van der Waals surface area contributed by atoms with E-state index in [1.807, 2.05) is 4.83 Å². The zero-order valence-electron chi connectivity index (χ0n) is 8.80. The third-order valence-corrected chi connectivity index (χ3v) is 3.17. The molecule has 0 aliphatic rings. The van der Waals surface area contributed by atoms with E-state index < -0.39 is 15.9 Å². The van der Waals surface area contributed by atoms with Crippen LogP contribution < -0.4 is 21.7 Å². The van der Waals surface area contributed by atoms with Crippen molar-refractivity contribution in [3.05, 3.63) is 18.0 Å². The van der Waals surface area contributed by atoms with E-state index in [9.17, 15) is 13.2 Å². The minimum atomic E-state index is -3.85. The Morgan fingerprint density at radius 2 is 2.06 bits per heavy atom. The lowest BCUT2D eigenvalue weighted by atomic mass is 10.4. The predicted octanol–water partition coefficient (Wildman–Crippen LogP) is -1.85. The summed E-state index contributed by atoms with van der Waals surface area (Å²) in [5, 5.41) is -0.223. The number of primary amides is 1. The highest BCUT2D eigenvalue weighted by Gasteiger charge is 2.19. The van der Waals surface area contributed by atoms with Crippen LogP contribution in [0.1, 0.15) is 10.5 Å². The van der Waals surface area contributed by atoms with Crippen molar-refractivity contribution < 1.29 is 13.2 Å². The highest BCUT2D eigenvalue weighted by Crippen LogP contribution is 2.12. The van der Waals surface area contributed by atoms with Gasteiger partial charge in [0.2, 0.25) is 0 Å². The van der Waals surface area contributed by atoms with Gasteiger partial charge in [-0.05, 0) is 18.3 Å². The monoisotopic (exact) mass is 277 g/mol. The first-order valence-electron chi connectivity index (χ1n) is 4.27. The fraction of sp³-hybridized carbons (Fsp3) is 0.143. The Labute approximate surface area is 103 Å². The van der Waals surface area contributed by atoms with E-state index in [2.05, 4.69) is 17.6 Å². The van der Waals surface area contributed by atoms with Gasteiger partial charge < -0.3 is 16.0 Å². The molecule has 0 aliphatic carbocycles. The van der Waals surface area contributed by atoms with Gasteiger partial charge in [-0.15, -0.1) is 4.83 Å². The van der Waals surface area contributed by atoms with Crippen LogP contribution in [-0.2, 0) is 17.1 Å². The fourth-order valence-corrected chi connectivity index (χ4v) is 2.14. The zero-order chi connectivity index (χ0) is 13.2. The van der Waals surface area contributed by atoms with Crippen LogP contribution in [0.4, 0.5) is 0 Å². The van der Waals surface area contributed by atoms with Crippen molar-refractivity contribution in [2.45, 2.75) is 4.90 Å². The first-order chi connectivity index (χ1) is 7.74. The second-order valence-electron chi connectivity index (χ2n) is 3.13. The van der Waals surface area contributed by atoms with Crippen molar-refractivity contribution in [1.29, 1.82) is 0 Å². The van der Waals surface area contributed by atoms with Gasteiger partial charge in [0.1, 0.15) is 10.6 Å². The van der Waals surface area contributed by atoms with Gasteiger partial charge in [0, 0.05) is 13.2 Å². The van der Waals surface area contributed by atoms with Crippen LogP contribution in [-0.4, -0.2) is 24.0 Å². The number of thiocarbonyl (C=S) groups is 1. The summed E-state index contributed by atoms with van der Waals surface area (Å²) >= 11 is 4.45. The zero-order valence-corrected chi connectivity index (χ0v) is 10.4. The molecule has 0 fully saturated rings. The molecule has 1 aromatic rings. The van der Waals surface area contributed by atoms with Gasteiger partial charge in [0.15, 0.2) is 5.11 Å². The molecule has 0 saturated heterocycles. The second-order valence-corrected chi connectivity index (χ2v) is 5.25. The van der Waals surface area contributed by atoms with Gasteiger partial charge in [0.25, 0.3) is 15.9 Å². The Balaban J connectivity index is 3.04. The number of hydrogen-bond donors (Lipinski definition) is 4. The molecule has 0 unspecified atom stereocenters. The summed E-state index contributed by atoms with van der Waals surface area (Å²) in [7, 11) is -2.35. The summed E-state index contributed by atoms with van der Waals surface area (Å²) in [5.41, 5.74) is 12.3. The Morgan fingerprint density at radius 1 is 1.47 bits per heavy atom. The maximum Gasteiger partial charge on any atom is 0.265 e. The number of nitrogens with one attached hydrogen (secondary N) is 2. The first kappa shape index (κ1) is 13.4. The molecule has 8 nitrogen and oxygen atoms in total. The predicted molar refractivity (Wildman–Crippen MR) is 64.2 cm³/mol. The van der Waals surface area contributed by atoms with Crippen molar-refractivity contribution in [3.8, 4) is 0 Å². The van der Waals surface area contributed by atoms with Crippen LogP contribution in [0.3, 0.4) is 0 Å². The minimum absolute atomic E-state index is 0.0701. The third kappa shape index (κ3) is 3.15. The molecule has 6 N–H and O–H groups in total. The maximum atomic E-state index is 11.7. The highest BCUT2D eigenvalue weighted by molar-refractivity contribution is 7.89. The summed E-state index contributed by atoms with van der Waals surface area (Å²) in [4.78, 5) is 12.8. The molecular formula is C7H11N5O3S2. The van der Waals surface area contributed by atoms with Crippen molar-refractivity contribution in [3.63, 3.8) is 0 Å². The Bertz CT molecular complexity index is 562. The van der Waals surface area contributed by atoms with Gasteiger partial charge in [-0.3, -0.25) is 10.2 Å². The topological polar surface area (TPSA) is 132 Å². The molecule has 1 aromatic heterocycles. The van der Waals surface area contributed by atoms with E-state index in [1.165, 1.54) is 17.8 Å². The summed E-state index contributed by atoms with van der Waals surface area (Å²) in [6.07, 6.45) is 1.24. The summed E-state index contributed by atoms with van der Waals surface area (Å²) in [6.45, 7) is 0. The van der Waals surface area contributed by atoms with Gasteiger partial charge >= 0.3 is 0 Å². The van der Waals surface area contributed by atoms with Gasteiger partial charge in [-0.2, -0.15) is 0 Å². The van der Waals surface area contributed by atoms with E-state index >= 15 is 0 Å². The van der Waals surface area contributed by atoms with Crippen LogP contribution in [0.15, 0.2) is 17.2 Å². The number of nitrogens with zero attached hydrogens (tertiary/aromatic N) is 1. The molecular weight excluding hydrogens is 266 g/mol. The van der Waals surface area contributed by atoms with Crippen LogP contribution in [0, 0.1) is 0 Å². The first-order valence-corrected chi connectivity index (χ1v) is 6.16. The molecule has 17 heavy (non-hydrogen) atoms. The van der Waals surface area contributed by atoms with E-state index in [0.717, 1.165) is 6.07 Å². The molecule has 0 aromatic carbocycles. The number of hydrogen-bond acceptors (Lipinski definition) is 4. The smallest absolute Gasteiger partial charge is 0.265 e. The van der Waals surface area contributed by atoms with E-state index in [0.29, 0.717) is 0 Å². The van der Waals surface area contributed by atoms with Gasteiger partial charge in [0.05, 0.1) is 0 Å². The number of amides is 1. The van der Waals surface area contributed by atoms with E-state index in [-0.39, 0.29) is 15.7 Å². The Kier molecular flexibility index (Phi) is 3.70. The van der Waals surface area contributed by atoms with Crippen molar-refractivity contribution in [2.24, 2.45) is 18.5 Å². The average Bonchev–Trinajstić information content (AvgIpc) is 2.58. The summed E-state index contributed by atoms with van der Waals surface area (Å²) in [5.74, 6) is -0.726. The highest BCUT2D eigenvalue weighted by atomic mass is 32.2. The molecule has 0 bridgehead atoms. The lowest BCUT2D eigenvalue weighted by molar-refractivity contribution is 0.0992. The molecule has 10 heteroatoms. The number of carbonyl (C=O) groups excluding carboxylic acids is 1. The number of rotatable bonds is 4. The molecule has 0 radical (unpaired) electrons. The van der Waals surface area contributed by atoms with Crippen LogP contribution in [0.5, 0.6) is 0 Å². The number of aromatic nitrogens is 1. The second kappa shape index (κ2) is 4.69. The SMILES string of the molecule is Cn1cc(S(=O)(=O)NNC(N)=S)cc1C(N)=O. The normalized spacial score (nSPS) is 11.1. The van der Waals surface area contributed by atoms with Crippen LogP contribution in [0.25, 0.3) is 0 Å². The molecule has 0 atom stereocenters. The Morgan fingerprint density at radius 3 is 2.47 bits per heavy atom. The molecule has 0 aliphatic heterocycles. The number of hydrazine groups is 1. The summed E-state index contributed by atoms with van der Waals surface area (Å²) in [6, 6.07) is 1.14. The summed E-state index contributed by atoms with van der Waals surface area (Å²) < 4.78 is 24.6. The molecule has 0 saturated carbocycles. The lowest BCUT2D eigenvalue weighted by Crippen LogP contribution is -2.44. The van der Waals surface area contributed by atoms with Gasteiger partial charge in [-0.25, -0.2) is 8.42 Å². The van der Waals surface area contributed by atoms with Crippen LogP contribution in [0.2, 0.25) is 0 Å². The maximum absolute atomic E-state index is 11.7. The minimum Gasteiger partial charge on any atom is -0.375 e. The molecule has 1 rings (SSSR count). The van der Waals surface area contributed by atoms with Gasteiger partial charge in [-0.1, -0.05) is 0 Å². The molecule has 1 heterocycles. The number of carbonyl (C=O) groups is 1. The standard InChI is InChI=1S/C7H11N5O3S2/c1-12-3-4(2-5(12)6(8)13)17(14,15)11-10-7(9)16/h2-3,11H,1H3,(H2,8,13)(H3,9,10,16). The lowest BCUT2D eigenvalue weighted by Gasteiger charge is -2.05. The molecule has 1 amide bonds. The van der Waals surface area contributed by atoms with Crippen molar-refractivity contribution in [2.75, 3.05) is 0 Å². The quantitative estimate of drug-likeness (QED) is 0.377. The van der Waals surface area contributed by atoms with E-state index in [4.69, 9.17) is 11.5 Å². The largest absolute Gasteiger partial charge is 0.375 e. The van der Waals surface area contributed by atoms with Crippen molar-refractivity contribution >= 4 is 33.3 Å². The van der Waals surface area contributed by atoms with E-state index in [1.54, 1.807) is 0 Å². The Hall–Kier alpha value is -1.65. The fourth-order valence-electron chi connectivity index (χ4n) is 1.10. The number of nitrogens with two attached hydrogens (primary N) is 2. The van der Waals surface area contributed by atoms with Crippen molar-refractivity contribution in [1.82, 2.24) is 14.8 Å². The van der Waals surface area contributed by atoms with Crippen LogP contribution >= 0.6 is 12.2 Å². The molecule has 94 valence electrons. The number of sulfonamides is 1. The number of aryl methyl sites for hydroxylation is 1. The molecule has 0 spiro atoms. The third-order valence-electron chi connectivity index (χ3n) is 1.85. The average molecular weight is 277 g/mol.